The second-order valence-corrected chi connectivity index (χ2v) is 6.57. The molecule has 0 saturated carbocycles. The van der Waals surface area contributed by atoms with Crippen molar-refractivity contribution in [1.82, 2.24) is 4.90 Å². The first-order valence-corrected chi connectivity index (χ1v) is 8.31. The molecule has 1 fully saturated rings. The Morgan fingerprint density at radius 2 is 1.83 bits per heavy atom. The summed E-state index contributed by atoms with van der Waals surface area (Å²) in [7, 11) is 0. The number of piperidine rings is 1. The van der Waals surface area contributed by atoms with Gasteiger partial charge in [-0.3, -0.25) is 4.79 Å². The van der Waals surface area contributed by atoms with Gasteiger partial charge in [-0.15, -0.1) is 0 Å². The van der Waals surface area contributed by atoms with Gasteiger partial charge in [-0.05, 0) is 48.6 Å². The standard InChI is InChI=1S/C20H23NO3/c1-15-5-2-3-8-18(15)16-6-4-7-17(13-16)19(23)21-11-9-20(24,14-22)10-12-21/h2-8,13,22,24H,9-12,14H2,1H3. The van der Waals surface area contributed by atoms with Crippen LogP contribution in [0, 0.1) is 6.92 Å². The number of nitrogens with zero attached hydrogens (tertiary/aromatic N) is 1. The van der Waals surface area contributed by atoms with Crippen LogP contribution >= 0.6 is 0 Å². The lowest BCUT2D eigenvalue weighted by Crippen LogP contribution is -2.48. The Bertz CT molecular complexity index is 733. The lowest BCUT2D eigenvalue weighted by Gasteiger charge is -2.37. The zero-order valence-electron chi connectivity index (χ0n) is 13.9. The molecule has 2 aromatic rings. The summed E-state index contributed by atoms with van der Waals surface area (Å²) < 4.78 is 0. The molecule has 4 heteroatoms. The topological polar surface area (TPSA) is 60.8 Å². The molecule has 0 spiro atoms. The first-order valence-electron chi connectivity index (χ1n) is 8.31. The van der Waals surface area contributed by atoms with Crippen LogP contribution < -0.4 is 0 Å². The van der Waals surface area contributed by atoms with Crippen molar-refractivity contribution in [2.45, 2.75) is 25.4 Å². The smallest absolute Gasteiger partial charge is 0.253 e. The quantitative estimate of drug-likeness (QED) is 0.912. The normalized spacial score (nSPS) is 16.9. The van der Waals surface area contributed by atoms with E-state index in [-0.39, 0.29) is 12.5 Å². The van der Waals surface area contributed by atoms with Crippen molar-refractivity contribution in [2.24, 2.45) is 0 Å². The Hall–Kier alpha value is -2.17. The maximum absolute atomic E-state index is 12.7. The molecule has 0 aromatic heterocycles. The third kappa shape index (κ3) is 3.35. The molecule has 2 aromatic carbocycles. The minimum atomic E-state index is -1.04. The Morgan fingerprint density at radius 3 is 2.50 bits per heavy atom. The van der Waals surface area contributed by atoms with Gasteiger partial charge in [-0.25, -0.2) is 0 Å². The highest BCUT2D eigenvalue weighted by Crippen LogP contribution is 2.26. The van der Waals surface area contributed by atoms with E-state index in [9.17, 15) is 15.0 Å². The van der Waals surface area contributed by atoms with Gasteiger partial charge in [0.1, 0.15) is 0 Å². The number of hydrogen-bond donors (Lipinski definition) is 2. The predicted octanol–water partition coefficient (Wildman–Crippen LogP) is 2.62. The van der Waals surface area contributed by atoms with E-state index in [0.717, 1.165) is 11.1 Å². The number of aliphatic hydroxyl groups is 2. The van der Waals surface area contributed by atoms with E-state index in [1.54, 1.807) is 4.90 Å². The lowest BCUT2D eigenvalue weighted by molar-refractivity contribution is -0.0546. The van der Waals surface area contributed by atoms with Crippen LogP contribution in [0.15, 0.2) is 48.5 Å². The van der Waals surface area contributed by atoms with Crippen LogP contribution in [0.25, 0.3) is 11.1 Å². The van der Waals surface area contributed by atoms with Crippen molar-refractivity contribution >= 4 is 5.91 Å². The number of carbonyl (C=O) groups is 1. The summed E-state index contributed by atoms with van der Waals surface area (Å²) in [6.45, 7) is 2.73. The van der Waals surface area contributed by atoms with Gasteiger partial charge in [-0.2, -0.15) is 0 Å². The Balaban J connectivity index is 1.80. The minimum Gasteiger partial charge on any atom is -0.393 e. The van der Waals surface area contributed by atoms with Crippen LogP contribution in [-0.4, -0.2) is 46.3 Å². The van der Waals surface area contributed by atoms with Gasteiger partial charge in [0.2, 0.25) is 0 Å². The van der Waals surface area contributed by atoms with E-state index in [0.29, 0.717) is 31.5 Å². The van der Waals surface area contributed by atoms with Gasteiger partial charge in [0, 0.05) is 18.7 Å². The van der Waals surface area contributed by atoms with Gasteiger partial charge < -0.3 is 15.1 Å². The Kier molecular flexibility index (Phi) is 4.69. The van der Waals surface area contributed by atoms with Crippen molar-refractivity contribution < 1.29 is 15.0 Å². The monoisotopic (exact) mass is 325 g/mol. The van der Waals surface area contributed by atoms with Crippen LogP contribution in [0.3, 0.4) is 0 Å². The van der Waals surface area contributed by atoms with Gasteiger partial charge in [0.25, 0.3) is 5.91 Å². The molecule has 1 heterocycles. The molecule has 1 saturated heterocycles. The molecule has 0 bridgehead atoms. The molecule has 0 radical (unpaired) electrons. The highest BCUT2D eigenvalue weighted by atomic mass is 16.3. The Morgan fingerprint density at radius 1 is 1.12 bits per heavy atom. The van der Waals surface area contributed by atoms with Crippen LogP contribution in [0.4, 0.5) is 0 Å². The van der Waals surface area contributed by atoms with Gasteiger partial charge in [-0.1, -0.05) is 36.4 Å². The number of rotatable bonds is 3. The summed E-state index contributed by atoms with van der Waals surface area (Å²) in [6.07, 6.45) is 0.819. The van der Waals surface area contributed by atoms with Crippen molar-refractivity contribution in [3.63, 3.8) is 0 Å². The van der Waals surface area contributed by atoms with E-state index in [1.807, 2.05) is 36.4 Å². The molecule has 24 heavy (non-hydrogen) atoms. The average Bonchev–Trinajstić information content (AvgIpc) is 2.62. The van der Waals surface area contributed by atoms with E-state index in [2.05, 4.69) is 19.1 Å². The molecule has 1 aliphatic rings. The zero-order chi connectivity index (χ0) is 17.2. The number of aryl methyl sites for hydroxylation is 1. The molecule has 126 valence electrons. The number of aliphatic hydroxyl groups excluding tert-OH is 1. The number of amides is 1. The highest BCUT2D eigenvalue weighted by molar-refractivity contribution is 5.95. The molecule has 0 unspecified atom stereocenters. The fourth-order valence-corrected chi connectivity index (χ4v) is 3.18. The van der Waals surface area contributed by atoms with E-state index in [4.69, 9.17) is 0 Å². The first kappa shape index (κ1) is 16.7. The molecular formula is C20H23NO3. The third-order valence-electron chi connectivity index (χ3n) is 4.84. The number of hydrogen-bond acceptors (Lipinski definition) is 3. The summed E-state index contributed by atoms with van der Waals surface area (Å²) >= 11 is 0. The maximum Gasteiger partial charge on any atom is 0.253 e. The SMILES string of the molecule is Cc1ccccc1-c1cccc(C(=O)N2CCC(O)(CO)CC2)c1. The van der Waals surface area contributed by atoms with Crippen molar-refractivity contribution in [3.05, 3.63) is 59.7 Å². The first-order chi connectivity index (χ1) is 11.5. The fourth-order valence-electron chi connectivity index (χ4n) is 3.18. The lowest BCUT2D eigenvalue weighted by atomic mass is 9.92. The van der Waals surface area contributed by atoms with Crippen molar-refractivity contribution in [2.75, 3.05) is 19.7 Å². The van der Waals surface area contributed by atoms with Crippen molar-refractivity contribution in [1.29, 1.82) is 0 Å². The summed E-state index contributed by atoms with van der Waals surface area (Å²) in [4.78, 5) is 14.5. The number of carbonyl (C=O) groups excluding carboxylic acids is 1. The summed E-state index contributed by atoms with van der Waals surface area (Å²) in [6, 6.07) is 15.8. The predicted molar refractivity (Wildman–Crippen MR) is 93.8 cm³/mol. The van der Waals surface area contributed by atoms with E-state index < -0.39 is 5.60 Å². The Labute approximate surface area is 142 Å². The molecule has 3 rings (SSSR count). The third-order valence-corrected chi connectivity index (χ3v) is 4.84. The van der Waals surface area contributed by atoms with Crippen LogP contribution in [0.2, 0.25) is 0 Å². The van der Waals surface area contributed by atoms with Gasteiger partial charge in [0.05, 0.1) is 12.2 Å². The van der Waals surface area contributed by atoms with Crippen LogP contribution in [-0.2, 0) is 0 Å². The second-order valence-electron chi connectivity index (χ2n) is 6.57. The van der Waals surface area contributed by atoms with E-state index in [1.165, 1.54) is 5.56 Å². The van der Waals surface area contributed by atoms with Gasteiger partial charge >= 0.3 is 0 Å². The number of benzene rings is 2. The summed E-state index contributed by atoms with van der Waals surface area (Å²) in [5.74, 6) is -0.0228. The maximum atomic E-state index is 12.7. The summed E-state index contributed by atoms with van der Waals surface area (Å²) in [5.41, 5.74) is 2.95. The molecule has 0 atom stereocenters. The number of likely N-dealkylation sites (tertiary alicyclic amines) is 1. The largest absolute Gasteiger partial charge is 0.393 e. The van der Waals surface area contributed by atoms with Crippen molar-refractivity contribution in [3.8, 4) is 11.1 Å². The van der Waals surface area contributed by atoms with Gasteiger partial charge in [0.15, 0.2) is 0 Å². The molecule has 4 nitrogen and oxygen atoms in total. The molecule has 1 aliphatic heterocycles. The zero-order valence-corrected chi connectivity index (χ0v) is 13.9. The molecule has 2 N–H and O–H groups in total. The minimum absolute atomic E-state index is 0.0228. The molecule has 0 aliphatic carbocycles. The fraction of sp³-hybridized carbons (Fsp3) is 0.350. The summed E-state index contributed by atoms with van der Waals surface area (Å²) in [5, 5.41) is 19.3. The molecule has 1 amide bonds. The second kappa shape index (κ2) is 6.75. The van der Waals surface area contributed by atoms with Crippen LogP contribution in [0.1, 0.15) is 28.8 Å². The van der Waals surface area contributed by atoms with Crippen LogP contribution in [0.5, 0.6) is 0 Å². The average molecular weight is 325 g/mol. The van der Waals surface area contributed by atoms with E-state index >= 15 is 0 Å². The highest BCUT2D eigenvalue weighted by Gasteiger charge is 2.33. The molecular weight excluding hydrogens is 302 g/mol.